The van der Waals surface area contributed by atoms with Gasteiger partial charge in [0.15, 0.2) is 11.0 Å². The molecule has 1 saturated carbocycles. The maximum atomic E-state index is 14.6. The van der Waals surface area contributed by atoms with Gasteiger partial charge in [-0.15, -0.1) is 0 Å². The lowest BCUT2D eigenvalue weighted by molar-refractivity contribution is -0.154. The molecule has 13 heteroatoms. The monoisotopic (exact) mass is 634 g/mol. The first-order valence-electron chi connectivity index (χ1n) is 15.3. The number of carbonyl (C=O) groups excluding carboxylic acids is 1. The van der Waals surface area contributed by atoms with E-state index in [0.29, 0.717) is 5.39 Å². The SMILES string of the molecule is [2H]C([2H])(O[P@](=O)(C[C@@H](C)C(=O)OC1CCCCC1)Oc1cccc2ccccc12)[C@H]1O[C@@H](n2ccc(=O)[nH]c2=S)C(C)(O)[C@H]1O. The Morgan fingerprint density at radius 1 is 1.23 bits per heavy atom. The summed E-state index contributed by atoms with van der Waals surface area (Å²) >= 11 is 5.18. The molecular weight excluding hydrogens is 595 g/mol. The fraction of sp³-hybridized carbons (Fsp3) is 0.500. The maximum Gasteiger partial charge on any atom is 0.380 e. The highest BCUT2D eigenvalue weighted by atomic mass is 32.1. The van der Waals surface area contributed by atoms with Gasteiger partial charge < -0.3 is 24.2 Å². The van der Waals surface area contributed by atoms with Gasteiger partial charge in [0, 0.05) is 17.6 Å². The normalized spacial score (nSPS) is 27.6. The number of aliphatic hydroxyl groups excluding tert-OH is 1. The van der Waals surface area contributed by atoms with Crippen LogP contribution in [0, 0.1) is 10.7 Å². The predicted molar refractivity (Wildman–Crippen MR) is 162 cm³/mol. The summed E-state index contributed by atoms with van der Waals surface area (Å²) in [5.41, 5.74) is -2.64. The van der Waals surface area contributed by atoms with E-state index >= 15 is 0 Å². The van der Waals surface area contributed by atoms with Gasteiger partial charge in [0.1, 0.15) is 29.7 Å². The largest absolute Gasteiger partial charge is 0.462 e. The molecule has 232 valence electrons. The molecule has 2 fully saturated rings. The number of carbonyl (C=O) groups is 1. The molecule has 0 spiro atoms. The summed E-state index contributed by atoms with van der Waals surface area (Å²) in [6.07, 6.45) is -0.408. The number of ether oxygens (including phenoxy) is 2. The Morgan fingerprint density at radius 3 is 2.70 bits per heavy atom. The number of nitrogens with one attached hydrogen (secondary N) is 1. The maximum absolute atomic E-state index is 14.6. The molecule has 1 aliphatic heterocycles. The minimum Gasteiger partial charge on any atom is -0.462 e. The molecule has 2 aromatic carbocycles. The molecule has 2 heterocycles. The lowest BCUT2D eigenvalue weighted by Gasteiger charge is -2.28. The second-order valence-corrected chi connectivity index (χ2v) is 13.6. The molecule has 3 aromatic rings. The van der Waals surface area contributed by atoms with E-state index in [1.54, 1.807) is 24.3 Å². The number of aromatic amines is 1. The van der Waals surface area contributed by atoms with Gasteiger partial charge >= 0.3 is 13.6 Å². The van der Waals surface area contributed by atoms with Crippen LogP contribution in [0.5, 0.6) is 5.75 Å². The van der Waals surface area contributed by atoms with E-state index in [2.05, 4.69) is 4.98 Å². The van der Waals surface area contributed by atoms with E-state index in [-0.39, 0.29) is 16.6 Å². The van der Waals surface area contributed by atoms with E-state index in [4.69, 9.17) is 33.5 Å². The lowest BCUT2D eigenvalue weighted by atomic mass is 9.96. The zero-order chi connectivity index (χ0) is 32.6. The summed E-state index contributed by atoms with van der Waals surface area (Å²) in [7, 11) is -4.58. The topological polar surface area (TPSA) is 149 Å². The van der Waals surface area contributed by atoms with Gasteiger partial charge in [-0.3, -0.25) is 23.7 Å². The summed E-state index contributed by atoms with van der Waals surface area (Å²) in [5.74, 6) is -1.48. The van der Waals surface area contributed by atoms with Gasteiger partial charge in [0.2, 0.25) is 0 Å². The Morgan fingerprint density at radius 2 is 1.95 bits per heavy atom. The van der Waals surface area contributed by atoms with Crippen LogP contribution in [0.2, 0.25) is 0 Å². The number of esters is 1. The van der Waals surface area contributed by atoms with Crippen LogP contribution in [0.3, 0.4) is 0 Å². The molecule has 11 nitrogen and oxygen atoms in total. The van der Waals surface area contributed by atoms with Crippen LogP contribution >= 0.6 is 19.8 Å². The number of hydrogen-bond donors (Lipinski definition) is 3. The zero-order valence-corrected chi connectivity index (χ0v) is 25.6. The van der Waals surface area contributed by atoms with Gasteiger partial charge in [-0.05, 0) is 56.3 Å². The Kier molecular flexibility index (Phi) is 8.74. The van der Waals surface area contributed by atoms with Crippen molar-refractivity contribution >= 4 is 36.6 Å². The van der Waals surface area contributed by atoms with Gasteiger partial charge in [-0.2, -0.15) is 0 Å². The molecule has 0 bridgehead atoms. The van der Waals surface area contributed by atoms with Crippen LogP contribution in [-0.2, 0) is 23.4 Å². The van der Waals surface area contributed by atoms with Crippen LogP contribution in [-0.4, -0.2) is 62.4 Å². The molecule has 3 N–H and O–H groups in total. The number of nitrogens with zero attached hydrogens (tertiary/aromatic N) is 1. The Hall–Kier alpha value is -2.86. The van der Waals surface area contributed by atoms with Crippen LogP contribution < -0.4 is 10.1 Å². The van der Waals surface area contributed by atoms with Crippen molar-refractivity contribution in [1.82, 2.24) is 9.55 Å². The number of H-pyrrole nitrogens is 1. The number of aliphatic hydroxyl groups is 2. The van der Waals surface area contributed by atoms with Crippen molar-refractivity contribution in [3.05, 3.63) is 69.9 Å². The standard InChI is InChI=1S/C30H37N2O9PS/c1-19(27(35)39-21-11-4-3-5-12-21)18-42(37,41-23-14-8-10-20-9-6-7-13-22(20)23)38-17-24-26(34)30(2,36)28(40-24)32-16-15-25(33)31-29(32)43/h6-10,13-16,19,21,24,26,28,34,36H,3-5,11-12,17-18H2,1-2H3,(H,31,33,43)/t19-,24-,26+,28-,30?,42-/m1/s1/i17D2. The summed E-state index contributed by atoms with van der Waals surface area (Å²) in [5, 5.41) is 23.6. The molecule has 2 aliphatic rings. The minimum atomic E-state index is -4.58. The van der Waals surface area contributed by atoms with Crippen molar-refractivity contribution in [2.45, 2.75) is 76.1 Å². The van der Waals surface area contributed by atoms with Crippen LogP contribution in [0.1, 0.15) is 54.9 Å². The highest BCUT2D eigenvalue weighted by molar-refractivity contribution is 7.71. The number of benzene rings is 2. The van der Waals surface area contributed by atoms with E-state index in [1.807, 2.05) is 18.2 Å². The molecule has 0 amide bonds. The van der Waals surface area contributed by atoms with Crippen molar-refractivity contribution in [2.75, 3.05) is 12.7 Å². The molecule has 1 aromatic heterocycles. The molecule has 0 radical (unpaired) electrons. The number of aromatic nitrogens is 2. The quantitative estimate of drug-likeness (QED) is 0.160. The summed E-state index contributed by atoms with van der Waals surface area (Å²) in [6, 6.07) is 13.3. The highest BCUT2D eigenvalue weighted by Gasteiger charge is 2.54. The lowest BCUT2D eigenvalue weighted by Crippen LogP contribution is -2.44. The molecule has 1 unspecified atom stereocenters. The first kappa shape index (κ1) is 28.9. The van der Waals surface area contributed by atoms with Crippen molar-refractivity contribution in [3.63, 3.8) is 0 Å². The Bertz CT molecular complexity index is 1700. The van der Waals surface area contributed by atoms with E-state index in [0.717, 1.165) is 48.1 Å². The third-order valence-electron chi connectivity index (χ3n) is 7.79. The second-order valence-electron chi connectivity index (χ2n) is 11.3. The third-order valence-corrected chi connectivity index (χ3v) is 9.96. The average molecular weight is 635 g/mol. The van der Waals surface area contributed by atoms with Gasteiger partial charge in [0.25, 0.3) is 5.56 Å². The third kappa shape index (κ3) is 7.11. The van der Waals surface area contributed by atoms with Gasteiger partial charge in [-0.1, -0.05) is 49.7 Å². The van der Waals surface area contributed by atoms with Crippen molar-refractivity contribution in [2.24, 2.45) is 5.92 Å². The molecule has 6 atom stereocenters. The minimum absolute atomic E-state index is 0.136. The second kappa shape index (κ2) is 13.0. The van der Waals surface area contributed by atoms with Crippen LogP contribution in [0.25, 0.3) is 10.8 Å². The molecule has 43 heavy (non-hydrogen) atoms. The first-order valence-corrected chi connectivity index (χ1v) is 16.4. The molecule has 5 rings (SSSR count). The fourth-order valence-electron chi connectivity index (χ4n) is 5.38. The average Bonchev–Trinajstić information content (AvgIpc) is 3.22. The number of rotatable bonds is 10. The molecule has 1 saturated heterocycles. The van der Waals surface area contributed by atoms with E-state index in [9.17, 15) is 24.4 Å². The fourth-order valence-corrected chi connectivity index (χ4v) is 7.37. The Balaban J connectivity index is 1.45. The molecule has 1 aliphatic carbocycles. The number of fused-ring (bicyclic) bond motifs is 1. The van der Waals surface area contributed by atoms with Gasteiger partial charge in [-0.25, -0.2) is 4.57 Å². The summed E-state index contributed by atoms with van der Waals surface area (Å²) in [6.45, 7) is -0.320. The van der Waals surface area contributed by atoms with Crippen molar-refractivity contribution < 1.29 is 40.8 Å². The summed E-state index contributed by atoms with van der Waals surface area (Å²) in [4.78, 5) is 27.2. The van der Waals surface area contributed by atoms with E-state index < -0.39 is 61.8 Å². The highest BCUT2D eigenvalue weighted by Crippen LogP contribution is 2.52. The van der Waals surface area contributed by atoms with Gasteiger partial charge in [0.05, 0.1) is 21.4 Å². The molecular formula is C30H37N2O9PS. The van der Waals surface area contributed by atoms with Crippen LogP contribution in [0.4, 0.5) is 0 Å². The number of hydrogen-bond acceptors (Lipinski definition) is 10. The van der Waals surface area contributed by atoms with Crippen LogP contribution in [0.15, 0.2) is 59.5 Å². The van der Waals surface area contributed by atoms with Crippen molar-refractivity contribution in [3.8, 4) is 5.75 Å². The Labute approximate surface area is 257 Å². The smallest absolute Gasteiger partial charge is 0.380 e. The first-order chi connectivity index (χ1) is 21.2. The van der Waals surface area contributed by atoms with Crippen molar-refractivity contribution in [1.29, 1.82) is 0 Å². The predicted octanol–water partition coefficient (Wildman–Crippen LogP) is 4.87. The van der Waals surface area contributed by atoms with E-state index in [1.165, 1.54) is 20.0 Å². The summed E-state index contributed by atoms with van der Waals surface area (Å²) < 4.78 is 56.3. The zero-order valence-electron chi connectivity index (χ0n) is 25.9.